The first-order chi connectivity index (χ1) is 21.3. The number of likely N-dealkylation sites (tertiary alicyclic amines) is 1. The van der Waals surface area contributed by atoms with Gasteiger partial charge in [-0.15, -0.1) is 27.8 Å². The fourth-order valence-corrected chi connectivity index (χ4v) is 6.71. The molecule has 0 atom stereocenters. The quantitative estimate of drug-likeness (QED) is 0.164. The molecule has 1 aromatic carbocycles. The van der Waals surface area contributed by atoms with Gasteiger partial charge < -0.3 is 15.5 Å². The first-order valence-electron chi connectivity index (χ1n) is 14.1. The van der Waals surface area contributed by atoms with E-state index in [0.717, 1.165) is 64.0 Å². The van der Waals surface area contributed by atoms with Crippen molar-refractivity contribution in [2.45, 2.75) is 38.4 Å². The predicted molar refractivity (Wildman–Crippen MR) is 165 cm³/mol. The third-order valence-corrected chi connectivity index (χ3v) is 9.21. The highest BCUT2D eigenvalue weighted by molar-refractivity contribution is 7.22. The molecule has 230 valence electrons. The number of nitrogens with one attached hydrogen (secondary N) is 3. The summed E-state index contributed by atoms with van der Waals surface area (Å²) in [6, 6.07) is 5.75. The summed E-state index contributed by atoms with van der Waals surface area (Å²) in [7, 11) is 0. The van der Waals surface area contributed by atoms with Crippen molar-refractivity contribution in [3.05, 3.63) is 59.5 Å². The molecule has 1 aliphatic heterocycles. The number of hydrogen-bond donors (Lipinski definition) is 3. The number of rotatable bonds is 10. The minimum absolute atomic E-state index is 0.0312. The summed E-state index contributed by atoms with van der Waals surface area (Å²) in [5.41, 5.74) is 0.815. The maximum absolute atomic E-state index is 12.9. The van der Waals surface area contributed by atoms with Crippen LogP contribution in [0.15, 0.2) is 49.1 Å². The van der Waals surface area contributed by atoms with Gasteiger partial charge in [0.2, 0.25) is 0 Å². The van der Waals surface area contributed by atoms with E-state index in [4.69, 9.17) is 0 Å². The summed E-state index contributed by atoms with van der Waals surface area (Å²) in [4.78, 5) is 29.7. The number of anilines is 3. The highest BCUT2D eigenvalue weighted by Crippen LogP contribution is 2.35. The number of thiazole rings is 1. The lowest BCUT2D eigenvalue weighted by Crippen LogP contribution is -2.32. The molecule has 4 aromatic heterocycles. The molecule has 1 aliphatic rings. The first-order valence-corrected chi connectivity index (χ1v) is 15.7. The Morgan fingerprint density at radius 1 is 1.00 bits per heavy atom. The summed E-state index contributed by atoms with van der Waals surface area (Å²) < 4.78 is 41.6. The van der Waals surface area contributed by atoms with Crippen molar-refractivity contribution in [3.63, 3.8) is 0 Å². The van der Waals surface area contributed by atoms with Gasteiger partial charge in [-0.1, -0.05) is 17.7 Å². The minimum Gasteiger partial charge on any atom is -0.368 e. The Morgan fingerprint density at radius 3 is 2.70 bits per heavy atom. The fraction of sp³-hybridized carbons (Fsp3) is 0.357. The van der Waals surface area contributed by atoms with E-state index in [1.54, 1.807) is 17.5 Å². The number of hydrogen-bond acceptors (Lipinski definition) is 10. The van der Waals surface area contributed by atoms with Crippen molar-refractivity contribution in [2.24, 2.45) is 0 Å². The maximum atomic E-state index is 12.9. The number of alkyl halides is 3. The number of halogens is 3. The number of nitrogens with zero attached hydrogens (tertiary/aromatic N) is 7. The standard InChI is InChI=1S/C28H29F3N10OS2/c29-28(30,31)18-5-4-6-19(13-18)36-26(42)37-27-33-15-20(43-27)7-8-32-25-24-21(34-17-35-25)14-23(44-24)22-16-41(39-38-22)12-11-40-9-2-1-3-10-40/h4-6,13-17H,1-3,7-12H2,(H,32,34,35)(H2,33,36,37,42). The zero-order valence-electron chi connectivity index (χ0n) is 23.5. The molecule has 0 unspecified atom stereocenters. The Labute approximate surface area is 258 Å². The van der Waals surface area contributed by atoms with Crippen molar-refractivity contribution < 1.29 is 18.0 Å². The average Bonchev–Trinajstić information content (AvgIpc) is 3.77. The lowest BCUT2D eigenvalue weighted by Gasteiger charge is -2.25. The van der Waals surface area contributed by atoms with Crippen LogP contribution in [0.5, 0.6) is 0 Å². The molecule has 5 heterocycles. The second-order valence-electron chi connectivity index (χ2n) is 10.3. The smallest absolute Gasteiger partial charge is 0.368 e. The lowest BCUT2D eigenvalue weighted by atomic mass is 10.1. The number of urea groups is 1. The molecular formula is C28H29F3N10OS2. The van der Waals surface area contributed by atoms with E-state index < -0.39 is 17.8 Å². The number of carbonyl (C=O) groups excluding carboxylic acids is 1. The molecule has 0 bridgehead atoms. The average molecular weight is 643 g/mol. The minimum atomic E-state index is -4.50. The summed E-state index contributed by atoms with van der Waals surface area (Å²) in [5, 5.41) is 17.4. The highest BCUT2D eigenvalue weighted by atomic mass is 32.1. The van der Waals surface area contributed by atoms with Gasteiger partial charge in [0.15, 0.2) is 5.13 Å². The maximum Gasteiger partial charge on any atom is 0.416 e. The molecule has 0 spiro atoms. The SMILES string of the molecule is O=C(Nc1cccc(C(F)(F)F)c1)Nc1ncc(CCNc2ncnc3cc(-c4cn(CCN5CCCCC5)nn4)sc23)s1. The van der Waals surface area contributed by atoms with Gasteiger partial charge in [-0.3, -0.25) is 10.00 Å². The Morgan fingerprint density at radius 2 is 1.86 bits per heavy atom. The molecule has 1 fully saturated rings. The third kappa shape index (κ3) is 7.49. The number of amides is 2. The number of thiophene rings is 1. The van der Waals surface area contributed by atoms with Gasteiger partial charge >= 0.3 is 12.2 Å². The number of piperidine rings is 1. The van der Waals surface area contributed by atoms with Crippen LogP contribution in [0.25, 0.3) is 20.8 Å². The van der Waals surface area contributed by atoms with E-state index >= 15 is 0 Å². The monoisotopic (exact) mass is 642 g/mol. The van der Waals surface area contributed by atoms with E-state index in [0.29, 0.717) is 23.9 Å². The van der Waals surface area contributed by atoms with E-state index in [2.05, 4.69) is 46.1 Å². The fourth-order valence-electron chi connectivity index (χ4n) is 4.87. The van der Waals surface area contributed by atoms with Gasteiger partial charge in [0.05, 0.1) is 33.4 Å². The molecule has 0 radical (unpaired) electrons. The van der Waals surface area contributed by atoms with Crippen LogP contribution in [0, 0.1) is 0 Å². The number of aromatic nitrogens is 6. The van der Waals surface area contributed by atoms with E-state index in [9.17, 15) is 18.0 Å². The molecule has 0 aliphatic carbocycles. The third-order valence-electron chi connectivity index (χ3n) is 7.08. The van der Waals surface area contributed by atoms with Gasteiger partial charge in [-0.05, 0) is 50.2 Å². The molecule has 2 amide bonds. The first kappa shape index (κ1) is 29.9. The van der Waals surface area contributed by atoms with Gasteiger partial charge in [0, 0.05) is 36.3 Å². The van der Waals surface area contributed by atoms with Crippen LogP contribution in [-0.2, 0) is 19.1 Å². The number of carbonyl (C=O) groups is 1. The van der Waals surface area contributed by atoms with Crippen LogP contribution in [0.4, 0.5) is 34.6 Å². The molecule has 0 saturated carbocycles. The molecule has 11 nitrogen and oxygen atoms in total. The van der Waals surface area contributed by atoms with Gasteiger partial charge in [-0.2, -0.15) is 13.2 Å². The lowest BCUT2D eigenvalue weighted by molar-refractivity contribution is -0.137. The highest BCUT2D eigenvalue weighted by Gasteiger charge is 2.30. The molecule has 16 heteroatoms. The largest absolute Gasteiger partial charge is 0.416 e. The molecule has 44 heavy (non-hydrogen) atoms. The van der Waals surface area contributed by atoms with Crippen molar-refractivity contribution in [1.29, 1.82) is 0 Å². The molecule has 6 rings (SSSR count). The van der Waals surface area contributed by atoms with Gasteiger partial charge in [0.1, 0.15) is 17.8 Å². The van der Waals surface area contributed by atoms with Crippen LogP contribution < -0.4 is 16.0 Å². The zero-order chi connectivity index (χ0) is 30.5. The van der Waals surface area contributed by atoms with E-state index in [-0.39, 0.29) is 5.69 Å². The summed E-state index contributed by atoms with van der Waals surface area (Å²) >= 11 is 2.84. The van der Waals surface area contributed by atoms with Crippen LogP contribution in [0.2, 0.25) is 0 Å². The molecule has 5 aromatic rings. The normalized spacial score (nSPS) is 14.2. The summed E-state index contributed by atoms with van der Waals surface area (Å²) in [5.74, 6) is 0.715. The van der Waals surface area contributed by atoms with E-state index in [1.807, 2.05) is 16.9 Å². The second-order valence-corrected chi connectivity index (χ2v) is 12.5. The van der Waals surface area contributed by atoms with Crippen LogP contribution in [-0.4, -0.2) is 67.1 Å². The predicted octanol–water partition coefficient (Wildman–Crippen LogP) is 6.21. The second kappa shape index (κ2) is 13.2. The topological polar surface area (TPSA) is 126 Å². The molecule has 1 saturated heterocycles. The summed E-state index contributed by atoms with van der Waals surface area (Å²) in [6.07, 6.45) is 5.11. The Balaban J connectivity index is 1.01. The van der Waals surface area contributed by atoms with Crippen LogP contribution in [0.3, 0.4) is 0 Å². The van der Waals surface area contributed by atoms with Crippen molar-refractivity contribution in [2.75, 3.05) is 42.1 Å². The number of benzene rings is 1. The van der Waals surface area contributed by atoms with E-state index in [1.165, 1.54) is 49.1 Å². The Kier molecular flexibility index (Phi) is 8.99. The zero-order valence-corrected chi connectivity index (χ0v) is 25.1. The van der Waals surface area contributed by atoms with Gasteiger partial charge in [0.25, 0.3) is 0 Å². The van der Waals surface area contributed by atoms with Crippen molar-refractivity contribution in [3.8, 4) is 10.6 Å². The van der Waals surface area contributed by atoms with Gasteiger partial charge in [-0.25, -0.2) is 19.7 Å². The van der Waals surface area contributed by atoms with Crippen LogP contribution >= 0.6 is 22.7 Å². The van der Waals surface area contributed by atoms with Crippen LogP contribution in [0.1, 0.15) is 29.7 Å². The molecule has 3 N–H and O–H groups in total. The summed E-state index contributed by atoms with van der Waals surface area (Å²) in [6.45, 7) is 4.64. The Bertz CT molecular complexity index is 1730. The van der Waals surface area contributed by atoms with Crippen molar-refractivity contribution in [1.82, 2.24) is 34.8 Å². The molecular weight excluding hydrogens is 614 g/mol. The Hall–Kier alpha value is -4.15. The number of fused-ring (bicyclic) bond motifs is 1. The van der Waals surface area contributed by atoms with Crippen molar-refractivity contribution >= 4 is 55.6 Å².